The average molecular weight is 212 g/mol. The SMILES string of the molecule is O=C(O)[C@@H]1CCCN2CCCCC(=O)N12. The summed E-state index contributed by atoms with van der Waals surface area (Å²) < 4.78 is 0. The van der Waals surface area contributed by atoms with Gasteiger partial charge in [-0.2, -0.15) is 0 Å². The van der Waals surface area contributed by atoms with Crippen LogP contribution in [0.4, 0.5) is 0 Å². The van der Waals surface area contributed by atoms with E-state index in [2.05, 4.69) is 0 Å². The lowest BCUT2D eigenvalue weighted by Gasteiger charge is -2.41. The van der Waals surface area contributed by atoms with Gasteiger partial charge in [-0.25, -0.2) is 9.80 Å². The predicted octanol–water partition coefficient (Wildman–Crippen LogP) is 0.463. The van der Waals surface area contributed by atoms with Gasteiger partial charge >= 0.3 is 5.97 Å². The summed E-state index contributed by atoms with van der Waals surface area (Å²) in [6.45, 7) is 1.63. The Bertz CT molecular complexity index is 280. The summed E-state index contributed by atoms with van der Waals surface area (Å²) in [5, 5.41) is 12.5. The van der Waals surface area contributed by atoms with Gasteiger partial charge in [-0.15, -0.1) is 0 Å². The number of hydrazine groups is 1. The Hall–Kier alpha value is -1.10. The van der Waals surface area contributed by atoms with Crippen molar-refractivity contribution in [3.05, 3.63) is 0 Å². The van der Waals surface area contributed by atoms with Crippen LogP contribution >= 0.6 is 0 Å². The molecule has 2 saturated heterocycles. The van der Waals surface area contributed by atoms with Crippen LogP contribution in [-0.4, -0.2) is 46.1 Å². The first-order chi connectivity index (χ1) is 7.20. The van der Waals surface area contributed by atoms with Crippen LogP contribution in [0.5, 0.6) is 0 Å². The van der Waals surface area contributed by atoms with Crippen LogP contribution in [0.1, 0.15) is 32.1 Å². The largest absolute Gasteiger partial charge is 0.480 e. The maximum absolute atomic E-state index is 11.8. The van der Waals surface area contributed by atoms with Crippen LogP contribution in [0.3, 0.4) is 0 Å². The molecule has 84 valence electrons. The monoisotopic (exact) mass is 212 g/mol. The third kappa shape index (κ3) is 1.97. The molecule has 2 aliphatic heterocycles. The van der Waals surface area contributed by atoms with Gasteiger partial charge in [0.2, 0.25) is 5.91 Å². The van der Waals surface area contributed by atoms with Gasteiger partial charge < -0.3 is 5.11 Å². The van der Waals surface area contributed by atoms with Gasteiger partial charge in [-0.1, -0.05) is 0 Å². The van der Waals surface area contributed by atoms with Gasteiger partial charge in [0.15, 0.2) is 0 Å². The number of hydrogen-bond acceptors (Lipinski definition) is 3. The van der Waals surface area contributed by atoms with Crippen molar-refractivity contribution < 1.29 is 14.7 Å². The van der Waals surface area contributed by atoms with Crippen molar-refractivity contribution >= 4 is 11.9 Å². The van der Waals surface area contributed by atoms with Gasteiger partial charge in [0, 0.05) is 19.5 Å². The molecule has 1 atom stereocenters. The van der Waals surface area contributed by atoms with E-state index in [0.29, 0.717) is 12.8 Å². The second-order valence-corrected chi connectivity index (χ2v) is 4.15. The van der Waals surface area contributed by atoms with E-state index >= 15 is 0 Å². The molecule has 0 aromatic heterocycles. The van der Waals surface area contributed by atoms with Gasteiger partial charge in [0.25, 0.3) is 0 Å². The second kappa shape index (κ2) is 4.18. The summed E-state index contributed by atoms with van der Waals surface area (Å²) in [6, 6.07) is -0.635. The fourth-order valence-corrected chi connectivity index (χ4v) is 2.36. The summed E-state index contributed by atoms with van der Waals surface area (Å²) >= 11 is 0. The summed E-state index contributed by atoms with van der Waals surface area (Å²) in [6.07, 6.45) is 3.78. The van der Waals surface area contributed by atoms with Gasteiger partial charge in [-0.3, -0.25) is 9.80 Å². The molecule has 2 rings (SSSR count). The van der Waals surface area contributed by atoms with Crippen LogP contribution < -0.4 is 0 Å². The minimum Gasteiger partial charge on any atom is -0.480 e. The Labute approximate surface area is 88.6 Å². The topological polar surface area (TPSA) is 60.9 Å². The van der Waals surface area contributed by atoms with E-state index in [1.165, 1.54) is 5.01 Å². The predicted molar refractivity (Wildman–Crippen MR) is 52.9 cm³/mol. The van der Waals surface area contributed by atoms with Crippen LogP contribution in [0.25, 0.3) is 0 Å². The maximum Gasteiger partial charge on any atom is 0.328 e. The number of hydrogen-bond donors (Lipinski definition) is 1. The minimum absolute atomic E-state index is 0.0281. The molecule has 2 aliphatic rings. The lowest BCUT2D eigenvalue weighted by atomic mass is 10.1. The Morgan fingerprint density at radius 1 is 1.27 bits per heavy atom. The zero-order valence-corrected chi connectivity index (χ0v) is 8.69. The molecular weight excluding hydrogens is 196 g/mol. The molecule has 0 radical (unpaired) electrons. The molecule has 0 aromatic carbocycles. The first-order valence-electron chi connectivity index (χ1n) is 5.50. The Balaban J connectivity index is 2.20. The number of carbonyl (C=O) groups excluding carboxylic acids is 1. The van der Waals surface area contributed by atoms with Crippen molar-refractivity contribution in [2.45, 2.75) is 38.1 Å². The van der Waals surface area contributed by atoms with Crippen LogP contribution in [-0.2, 0) is 9.59 Å². The molecule has 5 heteroatoms. The zero-order chi connectivity index (χ0) is 10.8. The van der Waals surface area contributed by atoms with Gasteiger partial charge in [0.1, 0.15) is 6.04 Å². The Morgan fingerprint density at radius 3 is 2.73 bits per heavy atom. The van der Waals surface area contributed by atoms with E-state index in [-0.39, 0.29) is 5.91 Å². The highest BCUT2D eigenvalue weighted by Gasteiger charge is 2.37. The first-order valence-corrected chi connectivity index (χ1v) is 5.50. The summed E-state index contributed by atoms with van der Waals surface area (Å²) in [5.74, 6) is -0.908. The smallest absolute Gasteiger partial charge is 0.328 e. The molecule has 1 amide bonds. The van der Waals surface area contributed by atoms with E-state index in [9.17, 15) is 9.59 Å². The van der Waals surface area contributed by atoms with Crippen LogP contribution in [0.2, 0.25) is 0 Å². The van der Waals surface area contributed by atoms with Crippen LogP contribution in [0.15, 0.2) is 0 Å². The summed E-state index contributed by atoms with van der Waals surface area (Å²) in [7, 11) is 0. The number of carboxylic acids is 1. The number of rotatable bonds is 1. The highest BCUT2D eigenvalue weighted by atomic mass is 16.4. The van der Waals surface area contributed by atoms with Crippen molar-refractivity contribution in [3.8, 4) is 0 Å². The molecule has 0 saturated carbocycles. The lowest BCUT2D eigenvalue weighted by molar-refractivity contribution is -0.173. The fourth-order valence-electron chi connectivity index (χ4n) is 2.36. The van der Waals surface area contributed by atoms with E-state index in [0.717, 1.165) is 32.4 Å². The second-order valence-electron chi connectivity index (χ2n) is 4.15. The minimum atomic E-state index is -0.880. The third-order valence-corrected chi connectivity index (χ3v) is 3.09. The number of amides is 1. The number of fused-ring (bicyclic) bond motifs is 1. The molecule has 0 bridgehead atoms. The van der Waals surface area contributed by atoms with Crippen molar-refractivity contribution in [1.82, 2.24) is 10.0 Å². The van der Waals surface area contributed by atoms with Crippen molar-refractivity contribution in [2.75, 3.05) is 13.1 Å². The molecule has 5 nitrogen and oxygen atoms in total. The van der Waals surface area contributed by atoms with Crippen LogP contribution in [0, 0.1) is 0 Å². The molecule has 2 heterocycles. The van der Waals surface area contributed by atoms with Crippen molar-refractivity contribution in [3.63, 3.8) is 0 Å². The Morgan fingerprint density at radius 2 is 2.00 bits per heavy atom. The van der Waals surface area contributed by atoms with E-state index in [1.807, 2.05) is 5.01 Å². The van der Waals surface area contributed by atoms with Crippen molar-refractivity contribution in [2.24, 2.45) is 0 Å². The summed E-state index contributed by atoms with van der Waals surface area (Å²) in [5.41, 5.74) is 0. The molecule has 1 N–H and O–H groups in total. The molecule has 15 heavy (non-hydrogen) atoms. The average Bonchev–Trinajstić information content (AvgIpc) is 2.40. The first kappa shape index (κ1) is 10.4. The molecule has 0 aliphatic carbocycles. The third-order valence-electron chi connectivity index (χ3n) is 3.09. The number of carbonyl (C=O) groups is 2. The standard InChI is InChI=1S/C10H16N2O3/c13-9-5-1-2-6-11-7-3-4-8(10(14)15)12(9)11/h8H,1-7H2,(H,14,15)/t8-/m0/s1. The molecular formula is C10H16N2O3. The fraction of sp³-hybridized carbons (Fsp3) is 0.800. The lowest BCUT2D eigenvalue weighted by Crippen LogP contribution is -2.57. The normalized spacial score (nSPS) is 28.4. The quantitative estimate of drug-likeness (QED) is 0.686. The molecule has 2 fully saturated rings. The number of nitrogens with zero attached hydrogens (tertiary/aromatic N) is 2. The zero-order valence-electron chi connectivity index (χ0n) is 8.69. The van der Waals surface area contributed by atoms with Gasteiger partial charge in [-0.05, 0) is 25.7 Å². The number of aliphatic carboxylic acids is 1. The molecule has 0 spiro atoms. The maximum atomic E-state index is 11.8. The van der Waals surface area contributed by atoms with Crippen molar-refractivity contribution in [1.29, 1.82) is 0 Å². The summed E-state index contributed by atoms with van der Waals surface area (Å²) in [4.78, 5) is 22.8. The van der Waals surface area contributed by atoms with E-state index in [1.54, 1.807) is 0 Å². The van der Waals surface area contributed by atoms with E-state index in [4.69, 9.17) is 5.11 Å². The highest BCUT2D eigenvalue weighted by Crippen LogP contribution is 2.23. The Kier molecular flexibility index (Phi) is 2.90. The molecule has 0 aromatic rings. The van der Waals surface area contributed by atoms with Gasteiger partial charge in [0.05, 0.1) is 0 Å². The molecule has 0 unspecified atom stereocenters. The number of carboxylic acid groups (broad SMARTS) is 1. The van der Waals surface area contributed by atoms with E-state index < -0.39 is 12.0 Å². The highest BCUT2D eigenvalue weighted by molar-refractivity contribution is 5.83.